The molecule has 122 valence electrons. The average molecular weight is 317 g/mol. The van der Waals surface area contributed by atoms with Crippen LogP contribution in [0.2, 0.25) is 0 Å². The first-order valence-corrected chi connectivity index (χ1v) is 7.42. The second-order valence-electron chi connectivity index (χ2n) is 4.93. The molecule has 0 saturated heterocycles. The summed E-state index contributed by atoms with van der Waals surface area (Å²) in [4.78, 5) is 12.4. The van der Waals surface area contributed by atoms with E-state index >= 15 is 0 Å². The summed E-state index contributed by atoms with van der Waals surface area (Å²) in [5, 5.41) is 2.78. The van der Waals surface area contributed by atoms with E-state index in [1.807, 2.05) is 30.3 Å². The number of ether oxygens (including phenoxy) is 2. The Bertz CT molecular complexity index is 646. The highest BCUT2D eigenvalue weighted by molar-refractivity contribution is 5.82. The van der Waals surface area contributed by atoms with Gasteiger partial charge in [-0.25, -0.2) is 4.39 Å². The molecule has 0 heterocycles. The van der Waals surface area contributed by atoms with Gasteiger partial charge in [0.25, 0.3) is 5.91 Å². The van der Waals surface area contributed by atoms with Crippen molar-refractivity contribution in [2.75, 3.05) is 13.7 Å². The maximum absolute atomic E-state index is 14.2. The molecule has 1 atom stereocenters. The van der Waals surface area contributed by atoms with Crippen LogP contribution in [0.3, 0.4) is 0 Å². The van der Waals surface area contributed by atoms with Crippen molar-refractivity contribution in [3.63, 3.8) is 0 Å². The molecule has 0 aliphatic carbocycles. The summed E-state index contributed by atoms with van der Waals surface area (Å²) >= 11 is 0. The molecule has 23 heavy (non-hydrogen) atoms. The molecule has 2 aromatic carbocycles. The third kappa shape index (κ3) is 4.53. The summed E-state index contributed by atoms with van der Waals surface area (Å²) < 4.78 is 24.6. The second-order valence-corrected chi connectivity index (χ2v) is 4.93. The smallest absolute Gasteiger partial charge is 0.254 e. The SMILES string of the molecule is CCO[C@@H](C(=O)NCc1ccccc1)c1ccc(OC)cc1F. The van der Waals surface area contributed by atoms with E-state index in [4.69, 9.17) is 9.47 Å². The zero-order chi connectivity index (χ0) is 16.7. The van der Waals surface area contributed by atoms with Crippen molar-refractivity contribution in [3.8, 4) is 5.75 Å². The number of amides is 1. The molecule has 4 nitrogen and oxygen atoms in total. The van der Waals surface area contributed by atoms with Gasteiger partial charge in [-0.1, -0.05) is 30.3 Å². The average Bonchev–Trinajstić information content (AvgIpc) is 2.59. The highest BCUT2D eigenvalue weighted by Crippen LogP contribution is 2.25. The van der Waals surface area contributed by atoms with Crippen molar-refractivity contribution in [1.82, 2.24) is 5.32 Å². The zero-order valence-corrected chi connectivity index (χ0v) is 13.2. The van der Waals surface area contributed by atoms with E-state index in [2.05, 4.69) is 5.32 Å². The Morgan fingerprint density at radius 1 is 1.22 bits per heavy atom. The summed E-state index contributed by atoms with van der Waals surface area (Å²) in [7, 11) is 1.46. The summed E-state index contributed by atoms with van der Waals surface area (Å²) in [6.45, 7) is 2.43. The summed E-state index contributed by atoms with van der Waals surface area (Å²) in [5.74, 6) is -0.511. The van der Waals surface area contributed by atoms with Gasteiger partial charge in [-0.15, -0.1) is 0 Å². The maximum Gasteiger partial charge on any atom is 0.254 e. The quantitative estimate of drug-likeness (QED) is 0.853. The van der Waals surface area contributed by atoms with E-state index in [1.165, 1.54) is 19.2 Å². The van der Waals surface area contributed by atoms with Crippen molar-refractivity contribution in [2.24, 2.45) is 0 Å². The van der Waals surface area contributed by atoms with Gasteiger partial charge in [-0.2, -0.15) is 0 Å². The van der Waals surface area contributed by atoms with E-state index in [0.717, 1.165) is 5.56 Å². The van der Waals surface area contributed by atoms with E-state index in [0.29, 0.717) is 18.9 Å². The monoisotopic (exact) mass is 317 g/mol. The molecule has 0 aliphatic rings. The van der Waals surface area contributed by atoms with Gasteiger partial charge in [0.05, 0.1) is 7.11 Å². The lowest BCUT2D eigenvalue weighted by molar-refractivity contribution is -0.133. The second kappa shape index (κ2) is 8.29. The van der Waals surface area contributed by atoms with E-state index in [1.54, 1.807) is 13.0 Å². The lowest BCUT2D eigenvalue weighted by atomic mass is 10.1. The number of nitrogens with one attached hydrogen (secondary N) is 1. The van der Waals surface area contributed by atoms with Crippen molar-refractivity contribution in [3.05, 3.63) is 65.5 Å². The van der Waals surface area contributed by atoms with Gasteiger partial charge in [-0.3, -0.25) is 4.79 Å². The number of methoxy groups -OCH3 is 1. The Morgan fingerprint density at radius 3 is 2.57 bits per heavy atom. The third-order valence-corrected chi connectivity index (χ3v) is 3.37. The van der Waals surface area contributed by atoms with Gasteiger partial charge < -0.3 is 14.8 Å². The Labute approximate surface area is 135 Å². The van der Waals surface area contributed by atoms with Crippen molar-refractivity contribution in [1.29, 1.82) is 0 Å². The van der Waals surface area contributed by atoms with E-state index < -0.39 is 11.9 Å². The number of rotatable bonds is 7. The lowest BCUT2D eigenvalue weighted by Crippen LogP contribution is -2.31. The molecule has 2 aromatic rings. The molecule has 5 heteroatoms. The Balaban J connectivity index is 2.12. The van der Waals surface area contributed by atoms with Crippen molar-refractivity contribution >= 4 is 5.91 Å². The fourth-order valence-electron chi connectivity index (χ4n) is 2.20. The number of carbonyl (C=O) groups excluding carboxylic acids is 1. The minimum Gasteiger partial charge on any atom is -0.497 e. The van der Waals surface area contributed by atoms with Crippen LogP contribution in [0.15, 0.2) is 48.5 Å². The molecule has 0 saturated carbocycles. The molecule has 1 N–H and O–H groups in total. The minimum atomic E-state index is -0.991. The van der Waals surface area contributed by atoms with Crippen LogP contribution in [-0.2, 0) is 16.1 Å². The molecule has 0 radical (unpaired) electrons. The first-order valence-electron chi connectivity index (χ1n) is 7.42. The normalized spacial score (nSPS) is 11.8. The number of carbonyl (C=O) groups is 1. The lowest BCUT2D eigenvalue weighted by Gasteiger charge is -2.18. The van der Waals surface area contributed by atoms with Crippen LogP contribution in [-0.4, -0.2) is 19.6 Å². The maximum atomic E-state index is 14.2. The molecular weight excluding hydrogens is 297 g/mol. The number of hydrogen-bond acceptors (Lipinski definition) is 3. The minimum absolute atomic E-state index is 0.193. The van der Waals surface area contributed by atoms with Gasteiger partial charge in [0.2, 0.25) is 0 Å². The van der Waals surface area contributed by atoms with Crippen LogP contribution in [0, 0.1) is 5.82 Å². The molecule has 0 aromatic heterocycles. The molecule has 0 spiro atoms. The van der Waals surface area contributed by atoms with Gasteiger partial charge in [-0.05, 0) is 24.6 Å². The molecule has 1 amide bonds. The van der Waals surface area contributed by atoms with E-state index in [9.17, 15) is 9.18 Å². The van der Waals surface area contributed by atoms with E-state index in [-0.39, 0.29) is 11.5 Å². The Kier molecular flexibility index (Phi) is 6.11. The van der Waals surface area contributed by atoms with Crippen molar-refractivity contribution in [2.45, 2.75) is 19.6 Å². The molecular formula is C18H20FNO3. The van der Waals surface area contributed by atoms with Crippen LogP contribution in [0.5, 0.6) is 5.75 Å². The number of benzene rings is 2. The van der Waals surface area contributed by atoms with Crippen LogP contribution in [0.25, 0.3) is 0 Å². The largest absolute Gasteiger partial charge is 0.497 e. The zero-order valence-electron chi connectivity index (χ0n) is 13.2. The fourth-order valence-corrected chi connectivity index (χ4v) is 2.20. The molecule has 0 fully saturated rings. The Hall–Kier alpha value is -2.40. The highest BCUT2D eigenvalue weighted by atomic mass is 19.1. The van der Waals surface area contributed by atoms with Crippen LogP contribution in [0.1, 0.15) is 24.2 Å². The molecule has 0 unspecified atom stereocenters. The molecule has 0 aliphatic heterocycles. The molecule has 2 rings (SSSR count). The summed E-state index contributed by atoms with van der Waals surface area (Å²) in [6, 6.07) is 13.9. The summed E-state index contributed by atoms with van der Waals surface area (Å²) in [5.41, 5.74) is 1.16. The Morgan fingerprint density at radius 2 is 1.96 bits per heavy atom. The topological polar surface area (TPSA) is 47.6 Å². The van der Waals surface area contributed by atoms with Crippen LogP contribution < -0.4 is 10.1 Å². The highest BCUT2D eigenvalue weighted by Gasteiger charge is 2.24. The van der Waals surface area contributed by atoms with Crippen molar-refractivity contribution < 1.29 is 18.7 Å². The number of hydrogen-bond donors (Lipinski definition) is 1. The first-order chi connectivity index (χ1) is 11.2. The third-order valence-electron chi connectivity index (χ3n) is 3.37. The first kappa shape index (κ1) is 17.0. The fraction of sp³-hybridized carbons (Fsp3) is 0.278. The van der Waals surface area contributed by atoms with Gasteiger partial charge in [0.1, 0.15) is 11.6 Å². The van der Waals surface area contributed by atoms with Gasteiger partial charge in [0.15, 0.2) is 6.10 Å². The number of halogens is 1. The van der Waals surface area contributed by atoms with Crippen LogP contribution >= 0.6 is 0 Å². The van der Waals surface area contributed by atoms with Crippen LogP contribution in [0.4, 0.5) is 4.39 Å². The summed E-state index contributed by atoms with van der Waals surface area (Å²) in [6.07, 6.45) is -0.991. The predicted octanol–water partition coefficient (Wildman–Crippen LogP) is 3.23. The predicted molar refractivity (Wildman–Crippen MR) is 85.6 cm³/mol. The van der Waals surface area contributed by atoms with Gasteiger partial charge in [0, 0.05) is 24.8 Å². The van der Waals surface area contributed by atoms with Gasteiger partial charge >= 0.3 is 0 Å². The standard InChI is InChI=1S/C18H20FNO3/c1-3-23-17(15-10-9-14(22-2)11-16(15)19)18(21)20-12-13-7-5-4-6-8-13/h4-11,17H,3,12H2,1-2H3,(H,20,21)/t17-/m1/s1. The molecule has 0 bridgehead atoms.